The Morgan fingerprint density at radius 1 is 1.30 bits per heavy atom. The zero-order chi connectivity index (χ0) is 14.6. The average Bonchev–Trinajstić information content (AvgIpc) is 3.07. The number of carbonyl (C=O) groups is 1. The van der Waals surface area contributed by atoms with Crippen LogP contribution < -0.4 is 5.32 Å². The Hall–Kier alpha value is -1.02. The minimum absolute atomic E-state index is 0.0463. The van der Waals surface area contributed by atoms with Gasteiger partial charge in [-0.1, -0.05) is 37.5 Å². The number of hydrogen-bond acceptors (Lipinski definition) is 6. The number of nitrogens with zero attached hydrogens (tertiary/aromatic N) is 2. The first-order valence-corrected chi connectivity index (χ1v) is 9.37. The number of sulfone groups is 1. The molecule has 0 radical (unpaired) electrons. The van der Waals surface area contributed by atoms with E-state index in [0.29, 0.717) is 6.42 Å². The number of carbonyl (C=O) groups excluding carboxylic acids is 1. The monoisotopic (exact) mass is 317 g/mol. The maximum absolute atomic E-state index is 12.0. The van der Waals surface area contributed by atoms with E-state index in [9.17, 15) is 13.2 Å². The third-order valence-corrected chi connectivity index (χ3v) is 6.21. The number of nitrogens with one attached hydrogen (secondary N) is 1. The SMILES string of the molecule is CCCCCCS(=O)(=O)c1nnc(C(=O)NC2CC2)s1. The molecule has 0 bridgehead atoms. The molecule has 20 heavy (non-hydrogen) atoms. The quantitative estimate of drug-likeness (QED) is 0.738. The summed E-state index contributed by atoms with van der Waals surface area (Å²) in [7, 11) is -3.40. The van der Waals surface area contributed by atoms with Gasteiger partial charge in [0, 0.05) is 6.04 Å². The van der Waals surface area contributed by atoms with Crippen molar-refractivity contribution in [3.63, 3.8) is 0 Å². The van der Waals surface area contributed by atoms with E-state index in [1.165, 1.54) is 0 Å². The zero-order valence-electron chi connectivity index (χ0n) is 11.5. The van der Waals surface area contributed by atoms with Gasteiger partial charge >= 0.3 is 0 Å². The largest absolute Gasteiger partial charge is 0.347 e. The fourth-order valence-electron chi connectivity index (χ4n) is 1.71. The smallest absolute Gasteiger partial charge is 0.282 e. The minimum atomic E-state index is -3.40. The Bertz CT molecular complexity index is 564. The molecule has 2 rings (SSSR count). The first-order chi connectivity index (χ1) is 9.53. The molecular weight excluding hydrogens is 298 g/mol. The van der Waals surface area contributed by atoms with Gasteiger partial charge in [0.25, 0.3) is 5.91 Å². The molecule has 0 aromatic carbocycles. The van der Waals surface area contributed by atoms with Gasteiger partial charge in [0.15, 0.2) is 0 Å². The van der Waals surface area contributed by atoms with Crippen molar-refractivity contribution in [1.82, 2.24) is 15.5 Å². The lowest BCUT2D eigenvalue weighted by molar-refractivity contribution is 0.0950. The van der Waals surface area contributed by atoms with E-state index in [1.807, 2.05) is 0 Å². The van der Waals surface area contributed by atoms with E-state index in [4.69, 9.17) is 0 Å². The number of hydrogen-bond donors (Lipinski definition) is 1. The highest BCUT2D eigenvalue weighted by Crippen LogP contribution is 2.22. The van der Waals surface area contributed by atoms with E-state index in [2.05, 4.69) is 22.4 Å². The van der Waals surface area contributed by atoms with Crippen LogP contribution in [-0.4, -0.2) is 36.3 Å². The molecule has 1 amide bonds. The van der Waals surface area contributed by atoms with Crippen molar-refractivity contribution >= 4 is 27.1 Å². The van der Waals surface area contributed by atoms with Crippen molar-refractivity contribution in [3.05, 3.63) is 5.01 Å². The van der Waals surface area contributed by atoms with E-state index in [0.717, 1.165) is 43.4 Å². The second-order valence-corrected chi connectivity index (χ2v) is 8.26. The molecule has 6 nitrogen and oxygen atoms in total. The fraction of sp³-hybridized carbons (Fsp3) is 0.750. The first-order valence-electron chi connectivity index (χ1n) is 6.90. The van der Waals surface area contributed by atoms with Crippen LogP contribution in [0.5, 0.6) is 0 Å². The van der Waals surface area contributed by atoms with Crippen LogP contribution in [0.3, 0.4) is 0 Å². The molecule has 1 N–H and O–H groups in total. The summed E-state index contributed by atoms with van der Waals surface area (Å²) in [5.74, 6) is -0.247. The molecular formula is C12H19N3O3S2. The van der Waals surface area contributed by atoms with Gasteiger partial charge in [0.05, 0.1) is 5.75 Å². The predicted molar refractivity (Wildman–Crippen MR) is 76.6 cm³/mol. The second-order valence-electron chi connectivity index (χ2n) is 5.00. The molecule has 1 fully saturated rings. The summed E-state index contributed by atoms with van der Waals surface area (Å²) < 4.78 is 24.0. The first kappa shape index (κ1) is 15.4. The molecule has 8 heteroatoms. The molecule has 0 aliphatic heterocycles. The van der Waals surface area contributed by atoms with Crippen molar-refractivity contribution in [2.24, 2.45) is 0 Å². The normalized spacial score (nSPS) is 15.2. The Morgan fingerprint density at radius 2 is 2.05 bits per heavy atom. The molecule has 0 spiro atoms. The summed E-state index contributed by atoms with van der Waals surface area (Å²) in [6, 6.07) is 0.223. The highest BCUT2D eigenvalue weighted by atomic mass is 32.2. The lowest BCUT2D eigenvalue weighted by atomic mass is 10.2. The average molecular weight is 317 g/mol. The van der Waals surface area contributed by atoms with Gasteiger partial charge in [-0.15, -0.1) is 10.2 Å². The summed E-state index contributed by atoms with van der Waals surface area (Å²) >= 11 is 0.859. The van der Waals surface area contributed by atoms with E-state index in [-0.39, 0.29) is 27.0 Å². The molecule has 0 saturated heterocycles. The molecule has 1 aliphatic rings. The maximum Gasteiger partial charge on any atom is 0.282 e. The van der Waals surface area contributed by atoms with Crippen molar-refractivity contribution in [3.8, 4) is 0 Å². The van der Waals surface area contributed by atoms with E-state index < -0.39 is 9.84 Å². The molecule has 1 saturated carbocycles. The second kappa shape index (κ2) is 6.62. The standard InChI is InChI=1S/C12H19N3O3S2/c1-2-3-4-5-8-20(17,18)12-15-14-11(19-12)10(16)13-9-6-7-9/h9H,2-8H2,1H3,(H,13,16). The van der Waals surface area contributed by atoms with Crippen molar-refractivity contribution < 1.29 is 13.2 Å². The van der Waals surface area contributed by atoms with Crippen LogP contribution in [0.1, 0.15) is 55.3 Å². The van der Waals surface area contributed by atoms with Crippen LogP contribution in [0.15, 0.2) is 4.34 Å². The Labute approximate surface area is 122 Å². The third kappa shape index (κ3) is 4.24. The molecule has 1 aliphatic carbocycles. The lowest BCUT2D eigenvalue weighted by Gasteiger charge is -1.99. The van der Waals surface area contributed by atoms with Gasteiger partial charge < -0.3 is 5.32 Å². The van der Waals surface area contributed by atoms with Crippen molar-refractivity contribution in [2.75, 3.05) is 5.75 Å². The Kier molecular flexibility index (Phi) is 5.09. The summed E-state index contributed by atoms with van der Waals surface area (Å²) in [5.41, 5.74) is 0. The number of amides is 1. The third-order valence-electron chi connectivity index (χ3n) is 3.05. The maximum atomic E-state index is 12.0. The van der Waals surface area contributed by atoms with E-state index >= 15 is 0 Å². The number of aromatic nitrogens is 2. The molecule has 0 unspecified atom stereocenters. The number of rotatable bonds is 8. The van der Waals surface area contributed by atoms with E-state index in [1.54, 1.807) is 0 Å². The summed E-state index contributed by atoms with van der Waals surface area (Å²) in [6.07, 6.45) is 5.56. The van der Waals surface area contributed by atoms with Crippen LogP contribution in [0.25, 0.3) is 0 Å². The highest BCUT2D eigenvalue weighted by molar-refractivity contribution is 7.93. The molecule has 1 aromatic heterocycles. The minimum Gasteiger partial charge on any atom is -0.347 e. The molecule has 112 valence electrons. The fourth-order valence-corrected chi connectivity index (χ4v) is 4.11. The molecule has 1 heterocycles. The summed E-state index contributed by atoms with van der Waals surface area (Å²) in [5, 5.41) is 10.2. The van der Waals surface area contributed by atoms with Gasteiger partial charge in [0.1, 0.15) is 0 Å². The zero-order valence-corrected chi connectivity index (χ0v) is 13.1. The lowest BCUT2D eigenvalue weighted by Crippen LogP contribution is -2.25. The van der Waals surface area contributed by atoms with Gasteiger partial charge in [-0.3, -0.25) is 4.79 Å². The van der Waals surface area contributed by atoms with Gasteiger partial charge in [-0.2, -0.15) is 0 Å². The van der Waals surface area contributed by atoms with Crippen molar-refractivity contribution in [1.29, 1.82) is 0 Å². The van der Waals surface area contributed by atoms with Gasteiger partial charge in [0.2, 0.25) is 19.2 Å². The van der Waals surface area contributed by atoms with Crippen LogP contribution in [0.4, 0.5) is 0 Å². The Morgan fingerprint density at radius 3 is 2.70 bits per heavy atom. The molecule has 0 atom stereocenters. The van der Waals surface area contributed by atoms with Gasteiger partial charge in [-0.25, -0.2) is 8.42 Å². The predicted octanol–water partition coefficient (Wildman–Crippen LogP) is 1.78. The van der Waals surface area contributed by atoms with Crippen molar-refractivity contribution in [2.45, 2.75) is 55.8 Å². The van der Waals surface area contributed by atoms with Crippen LogP contribution in [0, 0.1) is 0 Å². The summed E-state index contributed by atoms with van der Waals surface area (Å²) in [4.78, 5) is 11.7. The molecule has 1 aromatic rings. The Balaban J connectivity index is 1.93. The van der Waals surface area contributed by atoms with Gasteiger partial charge in [-0.05, 0) is 19.3 Å². The summed E-state index contributed by atoms with van der Waals surface area (Å²) in [6.45, 7) is 2.07. The van der Waals surface area contributed by atoms with Crippen LogP contribution in [-0.2, 0) is 9.84 Å². The van der Waals surface area contributed by atoms with Crippen LogP contribution >= 0.6 is 11.3 Å². The topological polar surface area (TPSA) is 89.0 Å². The number of unbranched alkanes of at least 4 members (excludes halogenated alkanes) is 3. The highest BCUT2D eigenvalue weighted by Gasteiger charge is 2.27. The van der Waals surface area contributed by atoms with Crippen LogP contribution in [0.2, 0.25) is 0 Å².